The summed E-state index contributed by atoms with van der Waals surface area (Å²) in [5, 5.41) is 11.8. The summed E-state index contributed by atoms with van der Waals surface area (Å²) >= 11 is 0. The molecule has 21 heavy (non-hydrogen) atoms. The van der Waals surface area contributed by atoms with E-state index in [1.165, 1.54) is 17.7 Å². The maximum absolute atomic E-state index is 12.0. The van der Waals surface area contributed by atoms with Gasteiger partial charge in [0, 0.05) is 18.6 Å². The number of nitro benzene ring substituents is 1. The number of carbonyl (C=O) groups is 1. The van der Waals surface area contributed by atoms with Crippen LogP contribution in [0.2, 0.25) is 0 Å². The number of nitrogens with two attached hydrogens (primary N) is 1. The van der Waals surface area contributed by atoms with E-state index in [1.54, 1.807) is 19.1 Å². The van der Waals surface area contributed by atoms with E-state index in [0.717, 1.165) is 5.56 Å². The minimum absolute atomic E-state index is 0.0111. The Morgan fingerprint density at radius 3 is 2.76 bits per heavy atom. The number of ether oxygens (including phenoxy) is 2. The predicted molar refractivity (Wildman–Crippen MR) is 74.8 cm³/mol. The molecule has 0 aliphatic rings. The fourth-order valence-corrected chi connectivity index (χ4v) is 2.23. The van der Waals surface area contributed by atoms with Gasteiger partial charge in [0.15, 0.2) is 0 Å². The summed E-state index contributed by atoms with van der Waals surface area (Å²) in [4.78, 5) is 22.7. The molecule has 0 radical (unpaired) electrons. The second-order valence-corrected chi connectivity index (χ2v) is 4.39. The van der Waals surface area contributed by atoms with E-state index in [1.807, 2.05) is 0 Å². The number of non-ortho nitro benzene ring substituents is 1. The van der Waals surface area contributed by atoms with Gasteiger partial charge in [-0.3, -0.25) is 15.8 Å². The number of carbonyl (C=O) groups excluding carboxylic acids is 1. The van der Waals surface area contributed by atoms with Crippen molar-refractivity contribution < 1.29 is 19.2 Å². The molecule has 0 saturated heterocycles. The number of methoxy groups -OCH3 is 1. The summed E-state index contributed by atoms with van der Waals surface area (Å²) in [6.07, 6.45) is 0. The second-order valence-electron chi connectivity index (χ2n) is 4.39. The summed E-state index contributed by atoms with van der Waals surface area (Å²) < 4.78 is 11.2. The van der Waals surface area contributed by atoms with Crippen LogP contribution in [0, 0.1) is 17.0 Å². The number of hydrogen-bond donors (Lipinski definition) is 1. The maximum Gasteiger partial charge on any atom is 0.356 e. The molecular weight excluding hydrogens is 278 g/mol. The third-order valence-electron chi connectivity index (χ3n) is 3.13. The quantitative estimate of drug-likeness (QED) is 0.387. The summed E-state index contributed by atoms with van der Waals surface area (Å²) in [6.45, 7) is 1.53. The predicted octanol–water partition coefficient (Wildman–Crippen LogP) is 1.53. The van der Waals surface area contributed by atoms with Crippen molar-refractivity contribution in [2.45, 2.75) is 13.7 Å². The Kier molecular flexibility index (Phi) is 4.20. The molecule has 0 aliphatic carbocycles. The van der Waals surface area contributed by atoms with Crippen LogP contribution in [0.25, 0.3) is 10.9 Å². The van der Waals surface area contributed by atoms with E-state index in [-0.39, 0.29) is 24.8 Å². The first-order chi connectivity index (χ1) is 10.0. The Balaban J connectivity index is 2.79. The van der Waals surface area contributed by atoms with Crippen LogP contribution in [0.4, 0.5) is 5.69 Å². The van der Waals surface area contributed by atoms with Gasteiger partial charge in [-0.15, -0.1) is 0 Å². The molecule has 8 nitrogen and oxygen atoms in total. The van der Waals surface area contributed by atoms with Gasteiger partial charge < -0.3 is 14.0 Å². The van der Waals surface area contributed by atoms with E-state index in [4.69, 9.17) is 15.2 Å². The minimum Gasteiger partial charge on any atom is -0.445 e. The van der Waals surface area contributed by atoms with Gasteiger partial charge in [-0.25, -0.2) is 4.79 Å². The number of nitrogens with zero attached hydrogens (tertiary/aromatic N) is 2. The molecule has 0 unspecified atom stereocenters. The van der Waals surface area contributed by atoms with Crippen molar-refractivity contribution in [2.75, 3.05) is 13.8 Å². The van der Waals surface area contributed by atoms with E-state index >= 15 is 0 Å². The van der Waals surface area contributed by atoms with Gasteiger partial charge in [0.1, 0.15) is 24.7 Å². The lowest BCUT2D eigenvalue weighted by molar-refractivity contribution is -0.383. The molecule has 1 aromatic carbocycles. The standard InChI is InChI=1S/C13H15N3O5/c1-8-3-4-10(16(18)19)12-9(8)5-11(13(17)21-6-14)15(12)7-20-2/h3-5H,6-7,14H2,1-2H3. The van der Waals surface area contributed by atoms with Crippen LogP contribution in [0.5, 0.6) is 0 Å². The van der Waals surface area contributed by atoms with E-state index in [9.17, 15) is 14.9 Å². The van der Waals surface area contributed by atoms with Crippen LogP contribution in [-0.2, 0) is 16.2 Å². The third-order valence-corrected chi connectivity index (χ3v) is 3.13. The number of benzene rings is 1. The Morgan fingerprint density at radius 1 is 1.48 bits per heavy atom. The lowest BCUT2D eigenvalue weighted by Gasteiger charge is -2.09. The van der Waals surface area contributed by atoms with Crippen molar-refractivity contribution >= 4 is 22.6 Å². The number of fused-ring (bicyclic) bond motifs is 1. The molecule has 0 aliphatic heterocycles. The first-order valence-electron chi connectivity index (χ1n) is 6.14. The number of hydrogen-bond acceptors (Lipinski definition) is 6. The topological polar surface area (TPSA) is 110 Å². The Bertz CT molecular complexity index is 707. The lowest BCUT2D eigenvalue weighted by Crippen LogP contribution is -2.17. The highest BCUT2D eigenvalue weighted by molar-refractivity contribution is 6.00. The fraction of sp³-hybridized carbons (Fsp3) is 0.308. The zero-order valence-corrected chi connectivity index (χ0v) is 11.7. The lowest BCUT2D eigenvalue weighted by atomic mass is 10.1. The molecule has 0 fully saturated rings. The molecule has 112 valence electrons. The number of aromatic nitrogens is 1. The number of rotatable bonds is 5. The smallest absolute Gasteiger partial charge is 0.356 e. The van der Waals surface area contributed by atoms with Crippen LogP contribution in [0.15, 0.2) is 18.2 Å². The fourth-order valence-electron chi connectivity index (χ4n) is 2.23. The number of nitro groups is 1. The molecular formula is C13H15N3O5. The van der Waals surface area contributed by atoms with Crippen LogP contribution in [0.3, 0.4) is 0 Å². The molecule has 2 aromatic rings. The number of aryl methyl sites for hydroxylation is 1. The third kappa shape index (κ3) is 2.58. The maximum atomic E-state index is 12.0. The van der Waals surface area contributed by atoms with Gasteiger partial charge in [-0.05, 0) is 18.6 Å². The van der Waals surface area contributed by atoms with Gasteiger partial charge in [-0.2, -0.15) is 0 Å². The highest BCUT2D eigenvalue weighted by Gasteiger charge is 2.24. The van der Waals surface area contributed by atoms with Crippen LogP contribution in [-0.4, -0.2) is 29.3 Å². The summed E-state index contributed by atoms with van der Waals surface area (Å²) in [7, 11) is 1.44. The van der Waals surface area contributed by atoms with Gasteiger partial charge in [0.05, 0.1) is 4.92 Å². The molecule has 8 heteroatoms. The van der Waals surface area contributed by atoms with Crippen LogP contribution >= 0.6 is 0 Å². The molecule has 0 atom stereocenters. The van der Waals surface area contributed by atoms with Gasteiger partial charge >= 0.3 is 5.97 Å². The molecule has 0 amide bonds. The highest BCUT2D eigenvalue weighted by atomic mass is 16.6. The zero-order valence-electron chi connectivity index (χ0n) is 11.7. The zero-order chi connectivity index (χ0) is 15.6. The molecule has 0 bridgehead atoms. The molecule has 2 N–H and O–H groups in total. The van der Waals surface area contributed by atoms with Gasteiger partial charge in [-0.1, -0.05) is 6.07 Å². The summed E-state index contributed by atoms with van der Waals surface area (Å²) in [6, 6.07) is 4.59. The average Bonchev–Trinajstić information content (AvgIpc) is 2.80. The SMILES string of the molecule is COCn1c(C(=O)OCN)cc2c(C)ccc([N+](=O)[O-])c21. The van der Waals surface area contributed by atoms with Crippen molar-refractivity contribution in [2.24, 2.45) is 5.73 Å². The molecule has 0 spiro atoms. The van der Waals surface area contributed by atoms with Crippen molar-refractivity contribution in [1.29, 1.82) is 0 Å². The Labute approximate surface area is 120 Å². The van der Waals surface area contributed by atoms with Crippen molar-refractivity contribution in [3.8, 4) is 0 Å². The normalized spacial score (nSPS) is 10.8. The second kappa shape index (κ2) is 5.90. The average molecular weight is 293 g/mol. The van der Waals surface area contributed by atoms with Crippen molar-refractivity contribution in [3.05, 3.63) is 39.6 Å². The van der Waals surface area contributed by atoms with Gasteiger partial charge in [0.2, 0.25) is 0 Å². The summed E-state index contributed by atoms with van der Waals surface area (Å²) in [5.74, 6) is -0.653. The van der Waals surface area contributed by atoms with E-state index in [0.29, 0.717) is 10.9 Å². The Morgan fingerprint density at radius 2 is 2.19 bits per heavy atom. The molecule has 2 rings (SSSR count). The molecule has 0 saturated carbocycles. The molecule has 1 heterocycles. The monoisotopic (exact) mass is 293 g/mol. The van der Waals surface area contributed by atoms with Crippen molar-refractivity contribution in [1.82, 2.24) is 4.57 Å². The first kappa shape index (κ1) is 14.9. The van der Waals surface area contributed by atoms with E-state index in [2.05, 4.69) is 0 Å². The van der Waals surface area contributed by atoms with E-state index < -0.39 is 10.9 Å². The first-order valence-corrected chi connectivity index (χ1v) is 6.14. The molecule has 1 aromatic heterocycles. The van der Waals surface area contributed by atoms with Crippen LogP contribution in [0.1, 0.15) is 16.1 Å². The van der Waals surface area contributed by atoms with Crippen molar-refractivity contribution in [3.63, 3.8) is 0 Å². The largest absolute Gasteiger partial charge is 0.445 e. The Hall–Kier alpha value is -2.45. The van der Waals surface area contributed by atoms with Crippen LogP contribution < -0.4 is 5.73 Å². The minimum atomic E-state index is -0.653. The highest BCUT2D eigenvalue weighted by Crippen LogP contribution is 2.31. The van der Waals surface area contributed by atoms with Gasteiger partial charge in [0.25, 0.3) is 5.69 Å². The number of esters is 1. The summed E-state index contributed by atoms with van der Waals surface area (Å²) in [5.41, 5.74) is 6.40.